The Bertz CT molecular complexity index is 589. The minimum atomic E-state index is -0.786. The Balaban J connectivity index is 2.28. The molecule has 0 amide bonds. The lowest BCUT2D eigenvalue weighted by Crippen LogP contribution is -2.24. The van der Waals surface area contributed by atoms with Crippen molar-refractivity contribution in [2.75, 3.05) is 18.6 Å². The van der Waals surface area contributed by atoms with Crippen molar-refractivity contribution in [1.29, 1.82) is 0 Å². The van der Waals surface area contributed by atoms with Gasteiger partial charge in [0.05, 0.1) is 0 Å². The summed E-state index contributed by atoms with van der Waals surface area (Å²) in [4.78, 5) is 0. The van der Waals surface area contributed by atoms with Gasteiger partial charge in [-0.25, -0.2) is 0 Å². The van der Waals surface area contributed by atoms with Crippen LogP contribution in [0.15, 0.2) is 42.5 Å². The lowest BCUT2D eigenvalue weighted by atomic mass is 10.00. The van der Waals surface area contributed by atoms with E-state index in [4.69, 9.17) is 0 Å². The molecule has 2 atom stereocenters. The lowest BCUT2D eigenvalue weighted by Gasteiger charge is -2.19. The summed E-state index contributed by atoms with van der Waals surface area (Å²) >= 11 is 0. The molecule has 2 aromatic carbocycles. The van der Waals surface area contributed by atoms with Crippen molar-refractivity contribution in [3.8, 4) is 0 Å². The van der Waals surface area contributed by atoms with E-state index in [1.807, 2.05) is 7.05 Å². The van der Waals surface area contributed by atoms with E-state index in [9.17, 15) is 4.21 Å². The van der Waals surface area contributed by atoms with Crippen LogP contribution in [0.4, 0.5) is 0 Å². The Morgan fingerprint density at radius 2 is 1.75 bits per heavy atom. The maximum absolute atomic E-state index is 12.2. The minimum Gasteiger partial charge on any atom is -0.312 e. The largest absolute Gasteiger partial charge is 0.312 e. The zero-order valence-electron chi connectivity index (χ0n) is 12.4. The van der Waals surface area contributed by atoms with Crippen LogP contribution in [-0.4, -0.2) is 22.8 Å². The van der Waals surface area contributed by atoms with Gasteiger partial charge in [0.25, 0.3) is 0 Å². The van der Waals surface area contributed by atoms with Gasteiger partial charge in [0.15, 0.2) is 0 Å². The van der Waals surface area contributed by atoms with Crippen LogP contribution in [0.1, 0.15) is 25.5 Å². The van der Waals surface area contributed by atoms with E-state index < -0.39 is 10.8 Å². The standard InChI is InChI=1S/C17H23NOS/c1-13(2)11-20(19)12-17(18-3)16-10-6-8-14-7-4-5-9-15(14)16/h4-10,13,17-18H,11-12H2,1-3H3. The molecule has 3 heteroatoms. The van der Waals surface area contributed by atoms with Crippen LogP contribution >= 0.6 is 0 Å². The van der Waals surface area contributed by atoms with E-state index in [1.54, 1.807) is 0 Å². The predicted molar refractivity (Wildman–Crippen MR) is 88.5 cm³/mol. The summed E-state index contributed by atoms with van der Waals surface area (Å²) < 4.78 is 12.2. The first kappa shape index (κ1) is 15.2. The van der Waals surface area contributed by atoms with Crippen LogP contribution in [0.3, 0.4) is 0 Å². The van der Waals surface area contributed by atoms with Gasteiger partial charge >= 0.3 is 0 Å². The SMILES string of the molecule is CNC(CS(=O)CC(C)C)c1cccc2ccccc12. The Hall–Kier alpha value is -1.19. The first-order valence-electron chi connectivity index (χ1n) is 7.11. The molecule has 2 nitrogen and oxygen atoms in total. The molecule has 0 saturated carbocycles. The quantitative estimate of drug-likeness (QED) is 0.882. The molecule has 0 aliphatic carbocycles. The van der Waals surface area contributed by atoms with Crippen molar-refractivity contribution >= 4 is 21.6 Å². The third kappa shape index (κ3) is 3.68. The van der Waals surface area contributed by atoms with Gasteiger partial charge in [0.2, 0.25) is 0 Å². The van der Waals surface area contributed by atoms with Gasteiger partial charge in [0, 0.05) is 28.3 Å². The second kappa shape index (κ2) is 7.00. The summed E-state index contributed by atoms with van der Waals surface area (Å²) in [7, 11) is 1.16. The predicted octanol–water partition coefficient (Wildman–Crippen LogP) is 3.51. The third-order valence-electron chi connectivity index (χ3n) is 3.42. The van der Waals surface area contributed by atoms with Crippen molar-refractivity contribution in [3.63, 3.8) is 0 Å². The number of fused-ring (bicyclic) bond motifs is 1. The molecule has 0 aliphatic heterocycles. The van der Waals surface area contributed by atoms with Gasteiger partial charge in [-0.3, -0.25) is 4.21 Å². The Kier molecular flexibility index (Phi) is 5.32. The number of benzene rings is 2. The zero-order valence-corrected chi connectivity index (χ0v) is 13.2. The molecule has 2 rings (SSSR count). The Morgan fingerprint density at radius 1 is 1.05 bits per heavy atom. The molecule has 108 valence electrons. The Morgan fingerprint density at radius 3 is 2.45 bits per heavy atom. The van der Waals surface area contributed by atoms with E-state index in [2.05, 4.69) is 61.6 Å². The van der Waals surface area contributed by atoms with E-state index in [0.717, 1.165) is 5.75 Å². The van der Waals surface area contributed by atoms with Crippen molar-refractivity contribution in [3.05, 3.63) is 48.0 Å². The van der Waals surface area contributed by atoms with Gasteiger partial charge in [0.1, 0.15) is 0 Å². The maximum Gasteiger partial charge on any atom is 0.0440 e. The molecule has 0 aliphatic rings. The third-order valence-corrected chi connectivity index (χ3v) is 5.16. The number of hydrogen-bond donors (Lipinski definition) is 1. The molecule has 2 unspecified atom stereocenters. The molecule has 0 radical (unpaired) electrons. The van der Waals surface area contributed by atoms with Crippen molar-refractivity contribution < 1.29 is 4.21 Å². The fourth-order valence-electron chi connectivity index (χ4n) is 2.51. The maximum atomic E-state index is 12.2. The van der Waals surface area contributed by atoms with E-state index >= 15 is 0 Å². The molecule has 1 N–H and O–H groups in total. The highest BCUT2D eigenvalue weighted by molar-refractivity contribution is 7.85. The van der Waals surface area contributed by atoms with Crippen LogP contribution < -0.4 is 5.32 Å². The summed E-state index contributed by atoms with van der Waals surface area (Å²) in [5.41, 5.74) is 1.24. The average molecular weight is 289 g/mol. The second-order valence-corrected chi connectivity index (χ2v) is 7.12. The van der Waals surface area contributed by atoms with Gasteiger partial charge in [-0.2, -0.15) is 0 Å². The van der Waals surface area contributed by atoms with E-state index in [-0.39, 0.29) is 6.04 Å². The second-order valence-electron chi connectivity index (χ2n) is 5.58. The Labute approximate surface area is 124 Å². The highest BCUT2D eigenvalue weighted by atomic mass is 32.2. The summed E-state index contributed by atoms with van der Waals surface area (Å²) in [6, 6.07) is 14.8. The molecule has 0 fully saturated rings. The van der Waals surface area contributed by atoms with Crippen LogP contribution in [-0.2, 0) is 10.8 Å². The normalized spacial score (nSPS) is 14.6. The fourth-order valence-corrected chi connectivity index (χ4v) is 4.11. The average Bonchev–Trinajstić information content (AvgIpc) is 2.43. The van der Waals surface area contributed by atoms with E-state index in [0.29, 0.717) is 11.7 Å². The topological polar surface area (TPSA) is 29.1 Å². The molecule has 0 spiro atoms. The molecule has 0 heterocycles. The number of hydrogen-bond acceptors (Lipinski definition) is 2. The highest BCUT2D eigenvalue weighted by Crippen LogP contribution is 2.25. The van der Waals surface area contributed by atoms with Crippen LogP contribution in [0.2, 0.25) is 0 Å². The van der Waals surface area contributed by atoms with Gasteiger partial charge in [-0.15, -0.1) is 0 Å². The monoisotopic (exact) mass is 289 g/mol. The van der Waals surface area contributed by atoms with Crippen LogP contribution in [0, 0.1) is 5.92 Å². The molecule has 2 aromatic rings. The smallest absolute Gasteiger partial charge is 0.0440 e. The molecular formula is C17H23NOS. The summed E-state index contributed by atoms with van der Waals surface area (Å²) in [6.07, 6.45) is 0. The van der Waals surface area contributed by atoms with Crippen LogP contribution in [0.5, 0.6) is 0 Å². The minimum absolute atomic E-state index is 0.140. The molecule has 0 bridgehead atoms. The fraction of sp³-hybridized carbons (Fsp3) is 0.412. The summed E-state index contributed by atoms with van der Waals surface area (Å²) in [5, 5.41) is 5.80. The molecule has 0 saturated heterocycles. The first-order valence-corrected chi connectivity index (χ1v) is 8.60. The van der Waals surface area contributed by atoms with Gasteiger partial charge < -0.3 is 5.32 Å². The molecule has 0 aromatic heterocycles. The molecule has 20 heavy (non-hydrogen) atoms. The summed E-state index contributed by atoms with van der Waals surface area (Å²) in [5.74, 6) is 1.91. The lowest BCUT2D eigenvalue weighted by molar-refractivity contribution is 0.629. The summed E-state index contributed by atoms with van der Waals surface area (Å²) in [6.45, 7) is 4.23. The van der Waals surface area contributed by atoms with Crippen molar-refractivity contribution in [2.24, 2.45) is 5.92 Å². The van der Waals surface area contributed by atoms with Crippen molar-refractivity contribution in [1.82, 2.24) is 5.32 Å². The number of rotatable bonds is 6. The number of nitrogens with one attached hydrogen (secondary N) is 1. The first-order chi connectivity index (χ1) is 9.61. The van der Waals surface area contributed by atoms with Crippen LogP contribution in [0.25, 0.3) is 10.8 Å². The van der Waals surface area contributed by atoms with Gasteiger partial charge in [-0.05, 0) is 29.3 Å². The van der Waals surface area contributed by atoms with E-state index in [1.165, 1.54) is 16.3 Å². The molecular weight excluding hydrogens is 266 g/mol. The highest BCUT2D eigenvalue weighted by Gasteiger charge is 2.16. The van der Waals surface area contributed by atoms with Gasteiger partial charge in [-0.1, -0.05) is 56.3 Å². The van der Waals surface area contributed by atoms with Crippen molar-refractivity contribution in [2.45, 2.75) is 19.9 Å². The zero-order chi connectivity index (χ0) is 14.5.